The lowest BCUT2D eigenvalue weighted by Crippen LogP contribution is -2.14. The van der Waals surface area contributed by atoms with E-state index in [9.17, 15) is 12.8 Å². The number of rotatable bonds is 6. The van der Waals surface area contributed by atoms with Crippen LogP contribution in [0.5, 0.6) is 11.6 Å². The second-order valence-corrected chi connectivity index (χ2v) is 8.95. The van der Waals surface area contributed by atoms with Crippen molar-refractivity contribution in [1.82, 2.24) is 9.97 Å². The highest BCUT2D eigenvalue weighted by atomic mass is 35.5. The van der Waals surface area contributed by atoms with Gasteiger partial charge in [0, 0.05) is 12.4 Å². The number of nitrogens with zero attached hydrogens (tertiary/aromatic N) is 2. The maximum atomic E-state index is 13.2. The molecule has 0 aliphatic carbocycles. The maximum absolute atomic E-state index is 13.2. The second kappa shape index (κ2) is 8.94. The summed E-state index contributed by atoms with van der Waals surface area (Å²) in [6, 6.07) is 16.9. The summed E-state index contributed by atoms with van der Waals surface area (Å²) in [5.74, 6) is 0.0915. The third kappa shape index (κ3) is 4.87. The van der Waals surface area contributed by atoms with Crippen LogP contribution >= 0.6 is 11.6 Å². The zero-order chi connectivity index (χ0) is 22.7. The standard InChI is InChI=1S/C23H17ClFN3O3S/c1-15-22(6-3-11-26-15)31-23-21(13-18(24)14-27-23)28-32(29,30)20-5-2-4-17(12-20)16-7-9-19(25)10-8-16/h2-14,28H,1H3. The average molecular weight is 470 g/mol. The zero-order valence-corrected chi connectivity index (χ0v) is 18.4. The molecule has 0 atom stereocenters. The summed E-state index contributed by atoms with van der Waals surface area (Å²) in [7, 11) is -4.01. The first-order valence-electron chi connectivity index (χ1n) is 9.46. The predicted octanol–water partition coefficient (Wildman–Crippen LogP) is 5.84. The Morgan fingerprint density at radius 2 is 1.75 bits per heavy atom. The quantitative estimate of drug-likeness (QED) is 0.384. The van der Waals surface area contributed by atoms with Crippen molar-refractivity contribution in [3.63, 3.8) is 0 Å². The largest absolute Gasteiger partial charge is 0.435 e. The summed E-state index contributed by atoms with van der Waals surface area (Å²) in [5, 5.41) is 0.234. The number of ether oxygens (including phenoxy) is 1. The van der Waals surface area contributed by atoms with Crippen molar-refractivity contribution in [2.75, 3.05) is 4.72 Å². The number of sulfonamides is 1. The molecule has 6 nitrogen and oxygen atoms in total. The van der Waals surface area contributed by atoms with E-state index in [-0.39, 0.29) is 27.3 Å². The predicted molar refractivity (Wildman–Crippen MR) is 121 cm³/mol. The van der Waals surface area contributed by atoms with Crippen LogP contribution in [-0.4, -0.2) is 18.4 Å². The molecule has 2 heterocycles. The molecule has 0 aliphatic heterocycles. The summed E-state index contributed by atoms with van der Waals surface area (Å²) in [6.07, 6.45) is 2.98. The van der Waals surface area contributed by atoms with Gasteiger partial charge in [-0.25, -0.2) is 17.8 Å². The molecular weight excluding hydrogens is 453 g/mol. The molecule has 2 aromatic heterocycles. The Hall–Kier alpha value is -3.49. The fourth-order valence-corrected chi connectivity index (χ4v) is 4.20. The van der Waals surface area contributed by atoms with Crippen LogP contribution in [0.1, 0.15) is 5.69 Å². The number of nitrogens with one attached hydrogen (secondary N) is 1. The third-order valence-electron chi connectivity index (χ3n) is 4.55. The van der Waals surface area contributed by atoms with E-state index < -0.39 is 10.0 Å². The van der Waals surface area contributed by atoms with Crippen molar-refractivity contribution in [2.24, 2.45) is 0 Å². The van der Waals surface area contributed by atoms with Crippen molar-refractivity contribution in [3.05, 3.63) is 95.7 Å². The maximum Gasteiger partial charge on any atom is 0.262 e. The summed E-state index contributed by atoms with van der Waals surface area (Å²) in [6.45, 7) is 1.76. The van der Waals surface area contributed by atoms with Gasteiger partial charge in [0.1, 0.15) is 11.5 Å². The lowest BCUT2D eigenvalue weighted by molar-refractivity contribution is 0.459. The van der Waals surface area contributed by atoms with Gasteiger partial charge in [-0.15, -0.1) is 0 Å². The van der Waals surface area contributed by atoms with Crippen LogP contribution in [0, 0.1) is 12.7 Å². The van der Waals surface area contributed by atoms with Gasteiger partial charge in [0.2, 0.25) is 5.88 Å². The van der Waals surface area contributed by atoms with E-state index >= 15 is 0 Å². The molecule has 9 heteroatoms. The summed E-state index contributed by atoms with van der Waals surface area (Å²) in [4.78, 5) is 8.29. The number of hydrogen-bond donors (Lipinski definition) is 1. The molecule has 2 aromatic carbocycles. The van der Waals surface area contributed by atoms with Crippen molar-refractivity contribution in [1.29, 1.82) is 0 Å². The van der Waals surface area contributed by atoms with E-state index in [2.05, 4.69) is 14.7 Å². The number of benzene rings is 2. The first kappa shape index (κ1) is 21.7. The Morgan fingerprint density at radius 3 is 2.50 bits per heavy atom. The average Bonchev–Trinajstić information content (AvgIpc) is 2.77. The minimum absolute atomic E-state index is 0.0165. The highest BCUT2D eigenvalue weighted by Gasteiger charge is 2.19. The van der Waals surface area contributed by atoms with Crippen LogP contribution in [0.4, 0.5) is 10.1 Å². The normalized spacial score (nSPS) is 11.2. The summed E-state index contributed by atoms with van der Waals surface area (Å²) < 4.78 is 47.7. The molecule has 1 N–H and O–H groups in total. The minimum atomic E-state index is -4.01. The Labute approximate surface area is 189 Å². The molecule has 0 bridgehead atoms. The molecule has 0 radical (unpaired) electrons. The van der Waals surface area contributed by atoms with Crippen molar-refractivity contribution >= 4 is 27.3 Å². The summed E-state index contributed by atoms with van der Waals surface area (Å²) >= 11 is 6.05. The number of hydrogen-bond acceptors (Lipinski definition) is 5. The fourth-order valence-electron chi connectivity index (χ4n) is 2.95. The third-order valence-corrected chi connectivity index (χ3v) is 6.12. The van der Waals surface area contributed by atoms with Gasteiger partial charge in [-0.2, -0.15) is 0 Å². The highest BCUT2D eigenvalue weighted by molar-refractivity contribution is 7.92. The van der Waals surface area contributed by atoms with Gasteiger partial charge >= 0.3 is 0 Å². The smallest absolute Gasteiger partial charge is 0.262 e. The second-order valence-electron chi connectivity index (χ2n) is 6.84. The zero-order valence-electron chi connectivity index (χ0n) is 16.8. The van der Waals surface area contributed by atoms with Gasteiger partial charge in [0.25, 0.3) is 10.0 Å². The molecule has 0 saturated heterocycles. The minimum Gasteiger partial charge on any atom is -0.435 e. The van der Waals surface area contributed by atoms with Gasteiger partial charge in [0.05, 0.1) is 15.6 Å². The van der Waals surface area contributed by atoms with Crippen molar-refractivity contribution in [2.45, 2.75) is 11.8 Å². The van der Waals surface area contributed by atoms with Gasteiger partial charge in [-0.3, -0.25) is 9.71 Å². The van der Waals surface area contributed by atoms with Gasteiger partial charge in [-0.05, 0) is 60.5 Å². The van der Waals surface area contributed by atoms with Crippen LogP contribution in [0.3, 0.4) is 0 Å². The van der Waals surface area contributed by atoms with E-state index in [1.807, 2.05) is 0 Å². The van der Waals surface area contributed by atoms with Gasteiger partial charge in [-0.1, -0.05) is 35.9 Å². The molecule has 0 fully saturated rings. The van der Waals surface area contributed by atoms with E-state index in [1.165, 1.54) is 36.5 Å². The van der Waals surface area contributed by atoms with Crippen LogP contribution in [0.25, 0.3) is 11.1 Å². The summed E-state index contributed by atoms with van der Waals surface area (Å²) in [5.41, 5.74) is 2.00. The first-order chi connectivity index (χ1) is 15.3. The number of aromatic nitrogens is 2. The van der Waals surface area contributed by atoms with Crippen LogP contribution in [0.15, 0.2) is 84.0 Å². The molecule has 0 aliphatic rings. The fraction of sp³-hybridized carbons (Fsp3) is 0.0435. The van der Waals surface area contributed by atoms with Gasteiger partial charge in [0.15, 0.2) is 5.75 Å². The lowest BCUT2D eigenvalue weighted by Gasteiger charge is -2.14. The Bertz CT molecular complexity index is 1380. The Balaban J connectivity index is 1.67. The Morgan fingerprint density at radius 1 is 0.969 bits per heavy atom. The number of pyridine rings is 2. The molecule has 4 aromatic rings. The Kier molecular flexibility index (Phi) is 6.07. The number of aryl methyl sites for hydroxylation is 1. The van der Waals surface area contributed by atoms with Crippen LogP contribution in [0.2, 0.25) is 5.02 Å². The SMILES string of the molecule is Cc1ncccc1Oc1ncc(Cl)cc1NS(=O)(=O)c1cccc(-c2ccc(F)cc2)c1. The molecule has 4 rings (SSSR count). The van der Waals surface area contributed by atoms with Crippen LogP contribution < -0.4 is 9.46 Å². The molecule has 0 spiro atoms. The molecule has 0 amide bonds. The van der Waals surface area contributed by atoms with Crippen LogP contribution in [-0.2, 0) is 10.0 Å². The monoisotopic (exact) mass is 469 g/mol. The van der Waals surface area contributed by atoms with E-state index in [4.69, 9.17) is 16.3 Å². The number of anilines is 1. The topological polar surface area (TPSA) is 81.2 Å². The molecular formula is C23H17ClFN3O3S. The van der Waals surface area contributed by atoms with Crippen molar-refractivity contribution in [3.8, 4) is 22.8 Å². The van der Waals surface area contributed by atoms with E-state index in [0.717, 1.165) is 0 Å². The molecule has 32 heavy (non-hydrogen) atoms. The van der Waals surface area contributed by atoms with E-state index in [1.54, 1.807) is 49.5 Å². The number of halogens is 2. The molecule has 0 saturated carbocycles. The van der Waals surface area contributed by atoms with E-state index in [0.29, 0.717) is 22.6 Å². The molecule has 0 unspecified atom stereocenters. The first-order valence-corrected chi connectivity index (χ1v) is 11.3. The lowest BCUT2D eigenvalue weighted by atomic mass is 10.1. The highest BCUT2D eigenvalue weighted by Crippen LogP contribution is 2.32. The van der Waals surface area contributed by atoms with Gasteiger partial charge < -0.3 is 4.74 Å². The van der Waals surface area contributed by atoms with Crippen molar-refractivity contribution < 1.29 is 17.5 Å². The molecule has 162 valence electrons.